The van der Waals surface area contributed by atoms with Crippen molar-refractivity contribution < 1.29 is 43.9 Å². The van der Waals surface area contributed by atoms with Crippen LogP contribution in [0.5, 0.6) is 0 Å². The summed E-state index contributed by atoms with van der Waals surface area (Å²) < 4.78 is 125. The molecule has 0 saturated carbocycles. The summed E-state index contributed by atoms with van der Waals surface area (Å²) in [6.07, 6.45) is 0. The largest absolute Gasteiger partial charge is 0.389 e. The molecule has 1 fully saturated rings. The van der Waals surface area contributed by atoms with Crippen molar-refractivity contribution in [3.05, 3.63) is 0 Å². The average Bonchev–Trinajstić information content (AvgIpc) is 2.14. The third-order valence-corrected chi connectivity index (χ3v) is 4.29. The normalized spacial score (nSPS) is 32.8. The van der Waals surface area contributed by atoms with Crippen LogP contribution in [0.1, 0.15) is 0 Å². The first kappa shape index (κ1) is 15.1. The number of hydrogen-bond acceptors (Lipinski definition) is 2. The lowest BCUT2D eigenvalue weighted by Crippen LogP contribution is -2.63. The average molecular weight is 314 g/mol. The number of alkyl halides is 10. The molecule has 0 aliphatic carbocycles. The second-order valence-corrected chi connectivity index (χ2v) is 5.28. The molecule has 0 aromatic carbocycles. The molecular weight excluding hydrogens is 314 g/mol. The second kappa shape index (κ2) is 3.52. The fourth-order valence-electron chi connectivity index (χ4n) is 0.772. The van der Waals surface area contributed by atoms with Gasteiger partial charge in [0.05, 0.1) is 0 Å². The highest BCUT2D eigenvalue weighted by atomic mass is 33.1. The molecule has 102 valence electrons. The van der Waals surface area contributed by atoms with Gasteiger partial charge in [-0.05, 0) is 21.6 Å². The van der Waals surface area contributed by atoms with E-state index in [0.717, 1.165) is 0 Å². The van der Waals surface area contributed by atoms with Crippen molar-refractivity contribution in [3.8, 4) is 0 Å². The van der Waals surface area contributed by atoms with Crippen LogP contribution in [-0.4, -0.2) is 28.3 Å². The molecule has 17 heavy (non-hydrogen) atoms. The van der Waals surface area contributed by atoms with Crippen LogP contribution in [0.2, 0.25) is 0 Å². The van der Waals surface area contributed by atoms with Crippen molar-refractivity contribution in [2.45, 2.75) is 28.3 Å². The topological polar surface area (TPSA) is 0 Å². The smallest absolute Gasteiger partial charge is 0.192 e. The predicted octanol–water partition coefficient (Wildman–Crippen LogP) is 4.47. The van der Waals surface area contributed by atoms with Crippen molar-refractivity contribution in [2.24, 2.45) is 0 Å². The van der Waals surface area contributed by atoms with Crippen LogP contribution in [0.15, 0.2) is 0 Å². The molecule has 0 radical (unpaired) electrons. The van der Waals surface area contributed by atoms with Crippen LogP contribution in [0.25, 0.3) is 0 Å². The van der Waals surface area contributed by atoms with Gasteiger partial charge >= 0.3 is 28.3 Å². The number of rotatable bonds is 0. The Labute approximate surface area is 94.5 Å². The molecule has 0 bridgehead atoms. The molecule has 12 heteroatoms. The maximum absolute atomic E-state index is 12.5. The molecule has 0 N–H and O–H groups in total. The highest BCUT2D eigenvalue weighted by molar-refractivity contribution is 8.77. The van der Waals surface area contributed by atoms with Gasteiger partial charge < -0.3 is 0 Å². The fourth-order valence-corrected chi connectivity index (χ4v) is 2.70. The van der Waals surface area contributed by atoms with Gasteiger partial charge in [-0.25, -0.2) is 0 Å². The van der Waals surface area contributed by atoms with E-state index in [0.29, 0.717) is 0 Å². The van der Waals surface area contributed by atoms with Gasteiger partial charge in [0.1, 0.15) is 0 Å². The van der Waals surface area contributed by atoms with Crippen molar-refractivity contribution in [3.63, 3.8) is 0 Å². The summed E-state index contributed by atoms with van der Waals surface area (Å²) in [6, 6.07) is 0. The van der Waals surface area contributed by atoms with E-state index in [1.54, 1.807) is 0 Å². The minimum atomic E-state index is -6.89. The monoisotopic (exact) mass is 314 g/mol. The summed E-state index contributed by atoms with van der Waals surface area (Å²) in [5.41, 5.74) is 0. The molecule has 1 saturated heterocycles. The number of halogens is 10. The van der Waals surface area contributed by atoms with Crippen molar-refractivity contribution in [2.75, 3.05) is 0 Å². The highest BCUT2D eigenvalue weighted by Gasteiger charge is 2.89. The van der Waals surface area contributed by atoms with Crippen LogP contribution in [-0.2, 0) is 0 Å². The maximum Gasteiger partial charge on any atom is 0.389 e. The van der Waals surface area contributed by atoms with Crippen molar-refractivity contribution in [1.29, 1.82) is 0 Å². The zero-order chi connectivity index (χ0) is 13.9. The lowest BCUT2D eigenvalue weighted by molar-refractivity contribution is -0.371. The van der Waals surface area contributed by atoms with Gasteiger partial charge in [0.2, 0.25) is 0 Å². The predicted molar refractivity (Wildman–Crippen MR) is 39.9 cm³/mol. The molecule has 1 rings (SSSR count). The summed E-state index contributed by atoms with van der Waals surface area (Å²) in [6.45, 7) is 0. The summed E-state index contributed by atoms with van der Waals surface area (Å²) >= 11 is 0. The zero-order valence-corrected chi connectivity index (χ0v) is 8.73. The minimum absolute atomic E-state index is 1.72. The van der Waals surface area contributed by atoms with E-state index >= 15 is 0 Å². The lowest BCUT2D eigenvalue weighted by Gasteiger charge is -2.34. The Morgan fingerprint density at radius 3 is 0.882 bits per heavy atom. The van der Waals surface area contributed by atoms with Crippen molar-refractivity contribution in [1.82, 2.24) is 0 Å². The van der Waals surface area contributed by atoms with E-state index in [2.05, 4.69) is 0 Å². The minimum Gasteiger partial charge on any atom is -0.192 e. The van der Waals surface area contributed by atoms with Crippen LogP contribution in [0, 0.1) is 0 Å². The molecule has 0 spiro atoms. The quantitative estimate of drug-likeness (QED) is 0.478. The van der Waals surface area contributed by atoms with Crippen LogP contribution in [0.4, 0.5) is 43.9 Å². The Balaban J connectivity index is 3.47. The summed E-state index contributed by atoms with van der Waals surface area (Å²) in [4.78, 5) is 0. The first-order chi connectivity index (χ1) is 7.21. The van der Waals surface area contributed by atoms with Gasteiger partial charge in [-0.3, -0.25) is 0 Å². The molecule has 0 aromatic rings. The maximum atomic E-state index is 12.5. The molecular formula is C5F10S2. The second-order valence-electron chi connectivity index (χ2n) is 2.92. The Hall–Kier alpha value is -0.000000000000000111. The van der Waals surface area contributed by atoms with Gasteiger partial charge in [0.15, 0.2) is 0 Å². The molecule has 0 unspecified atom stereocenters. The number of hydrogen-bond donors (Lipinski definition) is 0. The Morgan fingerprint density at radius 1 is 0.412 bits per heavy atom. The summed E-state index contributed by atoms with van der Waals surface area (Å²) in [7, 11) is -3.43. The Kier molecular flexibility index (Phi) is 3.11. The van der Waals surface area contributed by atoms with E-state index < -0.39 is 49.9 Å². The first-order valence-corrected chi connectivity index (χ1v) is 5.61. The molecule has 0 aromatic heterocycles. The van der Waals surface area contributed by atoms with Crippen LogP contribution >= 0.6 is 21.6 Å². The SMILES string of the molecule is FC1(F)SSC(F)(F)C(F)(F)C(F)(F)C1(F)F. The molecule has 1 aliphatic heterocycles. The van der Waals surface area contributed by atoms with E-state index in [1.807, 2.05) is 0 Å². The zero-order valence-electron chi connectivity index (χ0n) is 7.10. The molecule has 0 atom stereocenters. The van der Waals surface area contributed by atoms with E-state index in [4.69, 9.17) is 0 Å². The molecule has 1 heterocycles. The molecule has 1 aliphatic rings. The third-order valence-electron chi connectivity index (χ3n) is 1.77. The molecule has 0 amide bonds. The van der Waals surface area contributed by atoms with E-state index in [9.17, 15) is 43.9 Å². The lowest BCUT2D eigenvalue weighted by atomic mass is 10.0. The Bertz CT molecular complexity index is 293. The van der Waals surface area contributed by atoms with E-state index in [-0.39, 0.29) is 0 Å². The summed E-state index contributed by atoms with van der Waals surface area (Å²) in [5, 5.41) is -11.5. The van der Waals surface area contributed by atoms with Crippen LogP contribution < -0.4 is 0 Å². The van der Waals surface area contributed by atoms with Gasteiger partial charge in [-0.1, -0.05) is 0 Å². The van der Waals surface area contributed by atoms with Gasteiger partial charge in [0, 0.05) is 0 Å². The van der Waals surface area contributed by atoms with Gasteiger partial charge in [-0.15, -0.1) is 0 Å². The summed E-state index contributed by atoms with van der Waals surface area (Å²) in [5.74, 6) is -20.1. The van der Waals surface area contributed by atoms with E-state index in [1.165, 1.54) is 0 Å². The van der Waals surface area contributed by atoms with Gasteiger partial charge in [-0.2, -0.15) is 43.9 Å². The fraction of sp³-hybridized carbons (Fsp3) is 1.00. The van der Waals surface area contributed by atoms with Crippen molar-refractivity contribution >= 4 is 21.6 Å². The van der Waals surface area contributed by atoms with Crippen LogP contribution in [0.3, 0.4) is 0 Å². The molecule has 0 nitrogen and oxygen atoms in total. The first-order valence-electron chi connectivity index (χ1n) is 3.46. The van der Waals surface area contributed by atoms with Gasteiger partial charge in [0.25, 0.3) is 0 Å². The Morgan fingerprint density at radius 2 is 0.647 bits per heavy atom. The highest BCUT2D eigenvalue weighted by Crippen LogP contribution is 2.68. The third kappa shape index (κ3) is 1.70. The standard InChI is InChI=1S/C5F10S2/c6-1(7)2(8,9)4(12,13)16-17-5(14,15)3(1,10)11.